The summed E-state index contributed by atoms with van der Waals surface area (Å²) in [5.74, 6) is 0. The number of aromatic nitrogens is 3. The number of alkyl halides is 1. The van der Waals surface area contributed by atoms with Gasteiger partial charge in [0.15, 0.2) is 0 Å². The first-order valence-corrected chi connectivity index (χ1v) is 9.05. The summed E-state index contributed by atoms with van der Waals surface area (Å²) in [4.78, 5) is 9.98. The summed E-state index contributed by atoms with van der Waals surface area (Å²) < 4.78 is 17.8. The normalized spacial score (nSPS) is 22.7. The Kier molecular flexibility index (Phi) is 5.12. The monoisotopic (exact) mass is 341 g/mol. The van der Waals surface area contributed by atoms with Crippen LogP contribution in [0.25, 0.3) is 0 Å². The lowest BCUT2D eigenvalue weighted by molar-refractivity contribution is 0.180. The van der Waals surface area contributed by atoms with E-state index in [0.29, 0.717) is 13.0 Å². The van der Waals surface area contributed by atoms with Crippen molar-refractivity contribution in [2.75, 3.05) is 20.1 Å². The first-order valence-electron chi connectivity index (χ1n) is 7.33. The molecular formula is C14H20FN5S2. The van der Waals surface area contributed by atoms with E-state index in [9.17, 15) is 4.39 Å². The number of likely N-dealkylation sites (N-methyl/N-ethyl adjacent to an activating group) is 1. The molecule has 0 amide bonds. The highest BCUT2D eigenvalue weighted by Gasteiger charge is 2.33. The number of halogens is 1. The van der Waals surface area contributed by atoms with E-state index in [-0.39, 0.29) is 6.04 Å². The molecule has 3 rings (SSSR count). The molecule has 2 atom stereocenters. The fourth-order valence-corrected chi connectivity index (χ4v) is 4.17. The standard InChI is InChI=1S/C14H20FN5S2/c1-10-14(21-9-16-10)7-20-4-11(15)3-13(20)6-19(2)5-12-8-22-18-17-12/h8-9,11,13H,3-7H2,1-2H3/t11-,13-/m0/s1. The molecule has 3 heterocycles. The van der Waals surface area contributed by atoms with Gasteiger partial charge >= 0.3 is 0 Å². The van der Waals surface area contributed by atoms with E-state index >= 15 is 0 Å². The first-order chi connectivity index (χ1) is 10.6. The Balaban J connectivity index is 1.59. The van der Waals surface area contributed by atoms with Crippen molar-refractivity contribution < 1.29 is 4.39 Å². The van der Waals surface area contributed by atoms with Gasteiger partial charge in [0, 0.05) is 42.5 Å². The van der Waals surface area contributed by atoms with Crippen molar-refractivity contribution in [3.8, 4) is 0 Å². The van der Waals surface area contributed by atoms with Crippen LogP contribution in [0, 0.1) is 6.92 Å². The number of nitrogens with zero attached hydrogens (tertiary/aromatic N) is 5. The van der Waals surface area contributed by atoms with Crippen molar-refractivity contribution in [3.05, 3.63) is 27.2 Å². The van der Waals surface area contributed by atoms with Gasteiger partial charge in [0.2, 0.25) is 0 Å². The van der Waals surface area contributed by atoms with E-state index in [1.807, 2.05) is 17.8 Å². The third kappa shape index (κ3) is 3.87. The highest BCUT2D eigenvalue weighted by Crippen LogP contribution is 2.25. The molecule has 0 aliphatic carbocycles. The Bertz CT molecular complexity index is 588. The lowest BCUT2D eigenvalue weighted by atomic mass is 10.2. The number of hydrogen-bond donors (Lipinski definition) is 0. The molecule has 2 aromatic rings. The molecular weight excluding hydrogens is 321 g/mol. The molecule has 0 saturated carbocycles. The topological polar surface area (TPSA) is 45.2 Å². The van der Waals surface area contributed by atoms with Gasteiger partial charge in [-0.1, -0.05) is 4.49 Å². The average Bonchev–Trinajstić information content (AvgIpc) is 3.16. The predicted octanol–water partition coefficient (Wildman–Crippen LogP) is 2.35. The van der Waals surface area contributed by atoms with Crippen LogP contribution in [0.4, 0.5) is 4.39 Å². The zero-order valence-electron chi connectivity index (χ0n) is 12.8. The van der Waals surface area contributed by atoms with Gasteiger partial charge in [0.1, 0.15) is 6.17 Å². The first kappa shape index (κ1) is 15.9. The quantitative estimate of drug-likeness (QED) is 0.807. The van der Waals surface area contributed by atoms with Crippen LogP contribution in [0.5, 0.6) is 0 Å². The Labute approximate surface area is 138 Å². The number of likely N-dealkylation sites (tertiary alicyclic amines) is 1. The summed E-state index contributed by atoms with van der Waals surface area (Å²) in [5.41, 5.74) is 3.91. The molecule has 5 nitrogen and oxygen atoms in total. The summed E-state index contributed by atoms with van der Waals surface area (Å²) in [6, 6.07) is 0.244. The second kappa shape index (κ2) is 7.08. The molecule has 0 bridgehead atoms. The second-order valence-electron chi connectivity index (χ2n) is 5.87. The summed E-state index contributed by atoms with van der Waals surface area (Å²) in [6.45, 7) is 4.94. The van der Waals surface area contributed by atoms with E-state index in [4.69, 9.17) is 0 Å². The molecule has 0 aromatic carbocycles. The number of aryl methyl sites for hydroxylation is 1. The molecule has 0 unspecified atom stereocenters. The van der Waals surface area contributed by atoms with Crippen LogP contribution < -0.4 is 0 Å². The molecule has 0 spiro atoms. The number of hydrogen-bond acceptors (Lipinski definition) is 7. The minimum Gasteiger partial charge on any atom is -0.299 e. The van der Waals surface area contributed by atoms with Crippen LogP contribution in [0.15, 0.2) is 10.9 Å². The Hall–Kier alpha value is -0.960. The molecule has 22 heavy (non-hydrogen) atoms. The predicted molar refractivity (Wildman–Crippen MR) is 86.8 cm³/mol. The minimum absolute atomic E-state index is 0.244. The molecule has 120 valence electrons. The average molecular weight is 341 g/mol. The smallest absolute Gasteiger partial charge is 0.114 e. The SMILES string of the molecule is Cc1ncsc1CN1C[C@@H](F)C[C@H]1CN(C)Cc1csnn1. The molecule has 0 radical (unpaired) electrons. The van der Waals surface area contributed by atoms with Crippen molar-refractivity contribution in [1.82, 2.24) is 24.4 Å². The second-order valence-corrected chi connectivity index (χ2v) is 7.42. The molecule has 1 saturated heterocycles. The molecule has 1 aliphatic rings. The van der Waals surface area contributed by atoms with Gasteiger partial charge in [-0.3, -0.25) is 9.80 Å². The largest absolute Gasteiger partial charge is 0.299 e. The third-order valence-electron chi connectivity index (χ3n) is 4.03. The summed E-state index contributed by atoms with van der Waals surface area (Å²) in [7, 11) is 2.06. The zero-order valence-corrected chi connectivity index (χ0v) is 14.4. The highest BCUT2D eigenvalue weighted by atomic mass is 32.1. The van der Waals surface area contributed by atoms with Crippen molar-refractivity contribution in [1.29, 1.82) is 0 Å². The molecule has 1 fully saturated rings. The van der Waals surface area contributed by atoms with Crippen LogP contribution in [-0.2, 0) is 13.1 Å². The Morgan fingerprint density at radius 3 is 3.05 bits per heavy atom. The summed E-state index contributed by atoms with van der Waals surface area (Å²) in [6.07, 6.45) is -0.120. The molecule has 8 heteroatoms. The number of rotatable bonds is 6. The fraction of sp³-hybridized carbons (Fsp3) is 0.643. The fourth-order valence-electron chi connectivity index (χ4n) is 2.92. The van der Waals surface area contributed by atoms with Crippen molar-refractivity contribution in [3.63, 3.8) is 0 Å². The van der Waals surface area contributed by atoms with Gasteiger partial charge in [-0.15, -0.1) is 16.4 Å². The Morgan fingerprint density at radius 1 is 1.50 bits per heavy atom. The summed E-state index contributed by atoms with van der Waals surface area (Å²) >= 11 is 3.02. The zero-order chi connectivity index (χ0) is 15.5. The van der Waals surface area contributed by atoms with Gasteiger partial charge in [-0.2, -0.15) is 0 Å². The molecule has 2 aromatic heterocycles. The van der Waals surface area contributed by atoms with Crippen LogP contribution in [-0.4, -0.2) is 56.7 Å². The van der Waals surface area contributed by atoms with E-state index in [2.05, 4.69) is 31.4 Å². The van der Waals surface area contributed by atoms with Crippen molar-refractivity contribution in [2.24, 2.45) is 0 Å². The maximum Gasteiger partial charge on any atom is 0.114 e. The van der Waals surface area contributed by atoms with Gasteiger partial charge in [-0.05, 0) is 31.9 Å². The maximum atomic E-state index is 13.9. The van der Waals surface area contributed by atoms with Gasteiger partial charge in [0.25, 0.3) is 0 Å². The molecule has 1 aliphatic heterocycles. The van der Waals surface area contributed by atoms with Crippen LogP contribution in [0.2, 0.25) is 0 Å². The number of thiazole rings is 1. The third-order valence-corrected chi connectivity index (χ3v) is 5.50. The van der Waals surface area contributed by atoms with E-state index < -0.39 is 6.17 Å². The van der Waals surface area contributed by atoms with Crippen LogP contribution >= 0.6 is 22.9 Å². The van der Waals surface area contributed by atoms with Crippen molar-refractivity contribution >= 4 is 22.9 Å². The van der Waals surface area contributed by atoms with E-state index in [1.54, 1.807) is 11.3 Å². The lowest BCUT2D eigenvalue weighted by Crippen LogP contribution is -2.38. The Morgan fingerprint density at radius 2 is 2.36 bits per heavy atom. The van der Waals surface area contributed by atoms with E-state index in [1.165, 1.54) is 16.4 Å². The van der Waals surface area contributed by atoms with Gasteiger partial charge in [-0.25, -0.2) is 9.37 Å². The van der Waals surface area contributed by atoms with Gasteiger partial charge < -0.3 is 0 Å². The van der Waals surface area contributed by atoms with Crippen molar-refractivity contribution in [2.45, 2.75) is 38.6 Å². The van der Waals surface area contributed by atoms with Crippen LogP contribution in [0.3, 0.4) is 0 Å². The molecule has 0 N–H and O–H groups in total. The highest BCUT2D eigenvalue weighted by molar-refractivity contribution is 7.09. The van der Waals surface area contributed by atoms with Gasteiger partial charge in [0.05, 0.1) is 16.9 Å². The van der Waals surface area contributed by atoms with E-state index in [0.717, 1.165) is 31.0 Å². The lowest BCUT2D eigenvalue weighted by Gasteiger charge is -2.27. The minimum atomic E-state index is -0.729. The van der Waals surface area contributed by atoms with Crippen LogP contribution in [0.1, 0.15) is 22.7 Å². The maximum absolute atomic E-state index is 13.9. The summed E-state index contributed by atoms with van der Waals surface area (Å²) in [5, 5.41) is 6.03.